The molecule has 0 aliphatic heterocycles. The van der Waals surface area contributed by atoms with Crippen LogP contribution in [0.1, 0.15) is 56.6 Å². The quantitative estimate of drug-likeness (QED) is 0.567. The molecule has 0 spiro atoms. The monoisotopic (exact) mass is 456 g/mol. The predicted molar refractivity (Wildman–Crippen MR) is 128 cm³/mol. The number of ether oxygens (including phenoxy) is 1. The lowest BCUT2D eigenvalue weighted by Crippen LogP contribution is -2.50. The van der Waals surface area contributed by atoms with Crippen LogP contribution >= 0.6 is 11.6 Å². The minimum absolute atomic E-state index is 0.0703. The van der Waals surface area contributed by atoms with Crippen molar-refractivity contribution < 1.29 is 14.3 Å². The van der Waals surface area contributed by atoms with E-state index in [1.807, 2.05) is 55.5 Å². The highest BCUT2D eigenvalue weighted by Gasteiger charge is 2.28. The molecule has 2 aromatic carbocycles. The number of carbonyl (C=O) groups excluding carboxylic acids is 2. The second-order valence-corrected chi connectivity index (χ2v) is 8.89. The van der Waals surface area contributed by atoms with Gasteiger partial charge in [-0.1, -0.05) is 61.2 Å². The molecule has 1 fully saturated rings. The van der Waals surface area contributed by atoms with Crippen LogP contribution in [0.2, 0.25) is 5.02 Å². The van der Waals surface area contributed by atoms with Crippen molar-refractivity contribution in [2.24, 2.45) is 0 Å². The van der Waals surface area contributed by atoms with Gasteiger partial charge in [0.05, 0.1) is 7.11 Å². The SMILES string of the molecule is COc1cccc(CN(C(=O)CCc2ccccc2Cl)C(C)C(=O)NC2CCCCC2)c1. The Hall–Kier alpha value is -2.53. The Kier molecular flexibility index (Phi) is 8.98. The molecular weight excluding hydrogens is 424 g/mol. The first-order valence-corrected chi connectivity index (χ1v) is 11.8. The second kappa shape index (κ2) is 11.9. The van der Waals surface area contributed by atoms with E-state index in [0.29, 0.717) is 18.0 Å². The van der Waals surface area contributed by atoms with Crippen molar-refractivity contribution in [2.45, 2.75) is 70.5 Å². The third-order valence-electron chi connectivity index (χ3n) is 6.17. The smallest absolute Gasteiger partial charge is 0.242 e. The Bertz CT molecular complexity index is 911. The summed E-state index contributed by atoms with van der Waals surface area (Å²) in [5.41, 5.74) is 1.86. The fourth-order valence-corrected chi connectivity index (χ4v) is 4.44. The number of amides is 2. The summed E-state index contributed by atoms with van der Waals surface area (Å²) >= 11 is 6.27. The van der Waals surface area contributed by atoms with Gasteiger partial charge in [0.25, 0.3) is 0 Å². The molecule has 0 aromatic heterocycles. The summed E-state index contributed by atoms with van der Waals surface area (Å²) in [6, 6.07) is 14.8. The van der Waals surface area contributed by atoms with E-state index in [9.17, 15) is 9.59 Å². The molecule has 3 rings (SSSR count). The number of methoxy groups -OCH3 is 1. The highest BCUT2D eigenvalue weighted by molar-refractivity contribution is 6.31. The van der Waals surface area contributed by atoms with Gasteiger partial charge in [0, 0.05) is 24.0 Å². The minimum Gasteiger partial charge on any atom is -0.497 e. The molecule has 0 radical (unpaired) electrons. The maximum atomic E-state index is 13.3. The molecule has 1 aliphatic carbocycles. The minimum atomic E-state index is -0.568. The summed E-state index contributed by atoms with van der Waals surface area (Å²) < 4.78 is 5.33. The number of benzene rings is 2. The number of rotatable bonds is 9. The summed E-state index contributed by atoms with van der Waals surface area (Å²) in [6.45, 7) is 2.16. The Morgan fingerprint density at radius 1 is 1.12 bits per heavy atom. The van der Waals surface area contributed by atoms with Crippen LogP contribution < -0.4 is 10.1 Å². The lowest BCUT2D eigenvalue weighted by atomic mass is 9.95. The zero-order valence-electron chi connectivity index (χ0n) is 19.0. The summed E-state index contributed by atoms with van der Waals surface area (Å²) in [6.07, 6.45) is 6.35. The fourth-order valence-electron chi connectivity index (χ4n) is 4.21. The van der Waals surface area contributed by atoms with Crippen LogP contribution in [0, 0.1) is 0 Å². The van der Waals surface area contributed by atoms with Gasteiger partial charge in [0.1, 0.15) is 11.8 Å². The van der Waals surface area contributed by atoms with Crippen molar-refractivity contribution in [3.05, 3.63) is 64.7 Å². The average molecular weight is 457 g/mol. The van der Waals surface area contributed by atoms with E-state index in [0.717, 1.165) is 42.6 Å². The van der Waals surface area contributed by atoms with Gasteiger partial charge in [-0.3, -0.25) is 9.59 Å². The molecule has 1 aliphatic rings. The standard InChI is InChI=1S/C26H33ClN2O3/c1-19(26(31)28-22-11-4-3-5-12-22)29(18-20-9-8-13-23(17-20)32-2)25(30)16-15-21-10-6-7-14-24(21)27/h6-10,13-14,17,19,22H,3-5,11-12,15-16,18H2,1-2H3,(H,28,31). The molecule has 0 heterocycles. The lowest BCUT2D eigenvalue weighted by Gasteiger charge is -2.31. The summed E-state index contributed by atoms with van der Waals surface area (Å²) in [4.78, 5) is 28.0. The molecule has 0 bridgehead atoms. The molecule has 5 nitrogen and oxygen atoms in total. The number of hydrogen-bond donors (Lipinski definition) is 1. The Labute approximate surface area is 196 Å². The molecule has 32 heavy (non-hydrogen) atoms. The van der Waals surface area contributed by atoms with Crippen molar-refractivity contribution in [1.29, 1.82) is 0 Å². The van der Waals surface area contributed by atoms with Crippen LogP contribution in [-0.4, -0.2) is 35.9 Å². The van der Waals surface area contributed by atoms with Crippen LogP contribution in [-0.2, 0) is 22.6 Å². The molecule has 1 unspecified atom stereocenters. The molecule has 1 N–H and O–H groups in total. The molecular formula is C26H33ClN2O3. The Morgan fingerprint density at radius 3 is 2.59 bits per heavy atom. The van der Waals surface area contributed by atoms with E-state index < -0.39 is 6.04 Å². The Balaban J connectivity index is 1.73. The van der Waals surface area contributed by atoms with Crippen LogP contribution in [0.4, 0.5) is 0 Å². The van der Waals surface area contributed by atoms with E-state index in [-0.39, 0.29) is 24.3 Å². The van der Waals surface area contributed by atoms with E-state index in [1.165, 1.54) is 6.42 Å². The van der Waals surface area contributed by atoms with Crippen molar-refractivity contribution in [2.75, 3.05) is 7.11 Å². The number of hydrogen-bond acceptors (Lipinski definition) is 3. The normalized spacial score (nSPS) is 15.1. The number of halogens is 1. The van der Waals surface area contributed by atoms with E-state index in [1.54, 1.807) is 12.0 Å². The zero-order chi connectivity index (χ0) is 22.9. The lowest BCUT2D eigenvalue weighted by molar-refractivity contribution is -0.141. The number of aryl methyl sites for hydroxylation is 1. The van der Waals surface area contributed by atoms with Gasteiger partial charge in [0.2, 0.25) is 11.8 Å². The highest BCUT2D eigenvalue weighted by atomic mass is 35.5. The van der Waals surface area contributed by atoms with Gasteiger partial charge in [-0.2, -0.15) is 0 Å². The molecule has 2 amide bonds. The van der Waals surface area contributed by atoms with Gasteiger partial charge >= 0.3 is 0 Å². The first-order chi connectivity index (χ1) is 15.5. The van der Waals surface area contributed by atoms with Crippen molar-refractivity contribution in [3.63, 3.8) is 0 Å². The van der Waals surface area contributed by atoms with Gasteiger partial charge in [-0.05, 0) is 55.5 Å². The number of carbonyl (C=O) groups is 2. The summed E-state index contributed by atoms with van der Waals surface area (Å²) in [5, 5.41) is 3.82. The largest absolute Gasteiger partial charge is 0.497 e. The third kappa shape index (κ3) is 6.73. The zero-order valence-corrected chi connectivity index (χ0v) is 19.7. The number of nitrogens with zero attached hydrogens (tertiary/aromatic N) is 1. The van der Waals surface area contributed by atoms with Crippen molar-refractivity contribution in [3.8, 4) is 5.75 Å². The molecule has 1 saturated carbocycles. The maximum Gasteiger partial charge on any atom is 0.242 e. The average Bonchev–Trinajstić information content (AvgIpc) is 2.82. The van der Waals surface area contributed by atoms with Gasteiger partial charge in [-0.15, -0.1) is 0 Å². The summed E-state index contributed by atoms with van der Waals surface area (Å²) in [7, 11) is 1.62. The van der Waals surface area contributed by atoms with Crippen LogP contribution in [0.5, 0.6) is 5.75 Å². The highest BCUT2D eigenvalue weighted by Crippen LogP contribution is 2.21. The first-order valence-electron chi connectivity index (χ1n) is 11.4. The van der Waals surface area contributed by atoms with Gasteiger partial charge in [-0.25, -0.2) is 0 Å². The first kappa shape index (κ1) is 24.1. The maximum absolute atomic E-state index is 13.3. The Morgan fingerprint density at radius 2 is 1.88 bits per heavy atom. The molecule has 1 atom stereocenters. The van der Waals surface area contributed by atoms with Gasteiger partial charge in [0.15, 0.2) is 0 Å². The van der Waals surface area contributed by atoms with Crippen LogP contribution in [0.3, 0.4) is 0 Å². The van der Waals surface area contributed by atoms with Crippen molar-refractivity contribution in [1.82, 2.24) is 10.2 Å². The molecule has 2 aromatic rings. The van der Waals surface area contributed by atoms with Crippen molar-refractivity contribution >= 4 is 23.4 Å². The van der Waals surface area contributed by atoms with Crippen LogP contribution in [0.15, 0.2) is 48.5 Å². The van der Waals surface area contributed by atoms with E-state index in [4.69, 9.17) is 16.3 Å². The fraction of sp³-hybridized carbons (Fsp3) is 0.462. The second-order valence-electron chi connectivity index (χ2n) is 8.48. The predicted octanol–water partition coefficient (Wildman–Crippen LogP) is 5.15. The molecule has 172 valence electrons. The van der Waals surface area contributed by atoms with Gasteiger partial charge < -0.3 is 15.0 Å². The molecule has 0 saturated heterocycles. The van der Waals surface area contributed by atoms with Crippen LogP contribution in [0.25, 0.3) is 0 Å². The number of nitrogens with one attached hydrogen (secondary N) is 1. The summed E-state index contributed by atoms with van der Waals surface area (Å²) in [5.74, 6) is 0.565. The van der Waals surface area contributed by atoms with E-state index >= 15 is 0 Å². The van der Waals surface area contributed by atoms with E-state index in [2.05, 4.69) is 5.32 Å². The third-order valence-corrected chi connectivity index (χ3v) is 6.54. The molecule has 6 heteroatoms. The topological polar surface area (TPSA) is 58.6 Å².